The van der Waals surface area contributed by atoms with Crippen molar-refractivity contribution in [1.29, 1.82) is 0 Å². The third-order valence-corrected chi connectivity index (χ3v) is 3.87. The molecular formula is C22H25NO2. The number of hydrogen-bond acceptors (Lipinski definition) is 2. The van der Waals surface area contributed by atoms with Crippen molar-refractivity contribution >= 4 is 11.8 Å². The van der Waals surface area contributed by atoms with E-state index in [1.807, 2.05) is 55.5 Å². The Morgan fingerprint density at radius 1 is 1.04 bits per heavy atom. The van der Waals surface area contributed by atoms with Crippen LogP contribution in [0.2, 0.25) is 0 Å². The van der Waals surface area contributed by atoms with Gasteiger partial charge in [-0.25, -0.2) is 0 Å². The number of nitrogens with zero attached hydrogens (tertiary/aromatic N) is 1. The maximum atomic E-state index is 12.5. The Bertz CT molecular complexity index is 720. The van der Waals surface area contributed by atoms with Gasteiger partial charge in [0.25, 0.3) is 5.91 Å². The molecule has 1 atom stereocenters. The number of benzene rings is 2. The van der Waals surface area contributed by atoms with Gasteiger partial charge < -0.3 is 4.74 Å². The molecule has 130 valence electrons. The van der Waals surface area contributed by atoms with Crippen LogP contribution in [-0.2, 0) is 4.74 Å². The zero-order valence-electron chi connectivity index (χ0n) is 14.9. The second kappa shape index (κ2) is 9.58. The lowest BCUT2D eigenvalue weighted by atomic mass is 10.1. The number of ether oxygens (including phenoxy) is 1. The zero-order valence-corrected chi connectivity index (χ0v) is 14.9. The van der Waals surface area contributed by atoms with Gasteiger partial charge in [0.05, 0.1) is 0 Å². The van der Waals surface area contributed by atoms with Crippen LogP contribution < -0.4 is 0 Å². The van der Waals surface area contributed by atoms with Crippen molar-refractivity contribution in [3.63, 3.8) is 0 Å². The molecule has 0 radical (unpaired) electrons. The third-order valence-electron chi connectivity index (χ3n) is 3.87. The van der Waals surface area contributed by atoms with E-state index < -0.39 is 0 Å². The van der Waals surface area contributed by atoms with E-state index in [9.17, 15) is 4.79 Å². The molecule has 0 saturated carbocycles. The van der Waals surface area contributed by atoms with E-state index in [0.717, 1.165) is 30.4 Å². The highest BCUT2D eigenvalue weighted by atomic mass is 16.5. The quantitative estimate of drug-likeness (QED) is 0.385. The largest absolute Gasteiger partial charge is 0.469 e. The average molecular weight is 335 g/mol. The van der Waals surface area contributed by atoms with Crippen molar-refractivity contribution in [2.24, 2.45) is 4.99 Å². The van der Waals surface area contributed by atoms with Gasteiger partial charge in [0.1, 0.15) is 6.10 Å². The number of amides is 1. The number of aliphatic imine (C=N–C) groups is 1. The zero-order chi connectivity index (χ0) is 18.1. The minimum absolute atomic E-state index is 0.150. The molecule has 0 fully saturated rings. The molecule has 0 bridgehead atoms. The van der Waals surface area contributed by atoms with Crippen molar-refractivity contribution in [3.8, 4) is 0 Å². The van der Waals surface area contributed by atoms with Crippen LogP contribution in [0.5, 0.6) is 0 Å². The Labute approximate surface area is 150 Å². The Balaban J connectivity index is 2.31. The Morgan fingerprint density at radius 3 is 2.12 bits per heavy atom. The molecule has 2 aromatic rings. The van der Waals surface area contributed by atoms with E-state index in [0.29, 0.717) is 11.5 Å². The molecule has 0 heterocycles. The molecule has 2 aromatic carbocycles. The van der Waals surface area contributed by atoms with Crippen molar-refractivity contribution in [2.75, 3.05) is 0 Å². The Morgan fingerprint density at radius 2 is 1.60 bits per heavy atom. The van der Waals surface area contributed by atoms with Gasteiger partial charge in [-0.1, -0.05) is 56.3 Å². The number of carbonyl (C=O) groups excluding carboxylic acids is 1. The van der Waals surface area contributed by atoms with Crippen LogP contribution in [0.3, 0.4) is 0 Å². The molecule has 0 N–H and O–H groups in total. The summed E-state index contributed by atoms with van der Waals surface area (Å²) in [6.07, 6.45) is 2.82. The molecule has 0 aliphatic rings. The van der Waals surface area contributed by atoms with E-state index in [1.165, 1.54) is 0 Å². The standard InChI is InChI=1S/C22H25NO2/c1-4-5-16-20(17(2)3)25-22(19-14-10-7-11-15-19)23-21(24)18-12-8-6-9-13-18/h6-15,20H,2,4-5,16H2,1,3H3. The summed E-state index contributed by atoms with van der Waals surface area (Å²) in [6, 6.07) is 18.5. The summed E-state index contributed by atoms with van der Waals surface area (Å²) in [7, 11) is 0. The van der Waals surface area contributed by atoms with E-state index in [-0.39, 0.29) is 12.0 Å². The first-order chi connectivity index (χ1) is 12.1. The van der Waals surface area contributed by atoms with E-state index in [1.54, 1.807) is 12.1 Å². The fourth-order valence-electron chi connectivity index (χ4n) is 2.41. The SMILES string of the molecule is C=C(C)C(CCCC)OC(=NC(=O)c1ccccc1)c1ccccc1. The first kappa shape index (κ1) is 18.7. The van der Waals surface area contributed by atoms with Crippen molar-refractivity contribution in [3.05, 3.63) is 83.9 Å². The van der Waals surface area contributed by atoms with Crippen molar-refractivity contribution in [2.45, 2.75) is 39.2 Å². The third kappa shape index (κ3) is 5.71. The first-order valence-electron chi connectivity index (χ1n) is 8.67. The molecule has 0 aliphatic carbocycles. The van der Waals surface area contributed by atoms with E-state index in [2.05, 4.69) is 18.5 Å². The predicted molar refractivity (Wildman–Crippen MR) is 103 cm³/mol. The van der Waals surface area contributed by atoms with Crippen LogP contribution in [0.15, 0.2) is 77.8 Å². The fourth-order valence-corrected chi connectivity index (χ4v) is 2.41. The summed E-state index contributed by atoms with van der Waals surface area (Å²) >= 11 is 0. The highest BCUT2D eigenvalue weighted by molar-refractivity contribution is 6.07. The van der Waals surface area contributed by atoms with Gasteiger partial charge in [-0.15, -0.1) is 0 Å². The lowest BCUT2D eigenvalue weighted by Crippen LogP contribution is -2.21. The van der Waals surface area contributed by atoms with Crippen LogP contribution in [0.25, 0.3) is 0 Å². The molecule has 0 saturated heterocycles. The fraction of sp³-hybridized carbons (Fsp3) is 0.273. The smallest absolute Gasteiger partial charge is 0.280 e. The van der Waals surface area contributed by atoms with Gasteiger partial charge >= 0.3 is 0 Å². The van der Waals surface area contributed by atoms with Gasteiger partial charge in [0.15, 0.2) is 0 Å². The molecule has 1 unspecified atom stereocenters. The van der Waals surface area contributed by atoms with Gasteiger partial charge in [-0.05, 0) is 49.6 Å². The van der Waals surface area contributed by atoms with Crippen LogP contribution in [-0.4, -0.2) is 17.9 Å². The molecule has 1 amide bonds. The van der Waals surface area contributed by atoms with Gasteiger partial charge in [0, 0.05) is 11.1 Å². The number of carbonyl (C=O) groups is 1. The maximum Gasteiger partial charge on any atom is 0.280 e. The summed E-state index contributed by atoms with van der Waals surface area (Å²) in [5, 5.41) is 0. The molecule has 2 rings (SSSR count). The number of unbranched alkanes of at least 4 members (excludes halogenated alkanes) is 1. The topological polar surface area (TPSA) is 38.7 Å². The molecule has 0 aliphatic heterocycles. The van der Waals surface area contributed by atoms with Crippen molar-refractivity contribution in [1.82, 2.24) is 0 Å². The lowest BCUT2D eigenvalue weighted by Gasteiger charge is -2.20. The average Bonchev–Trinajstić information content (AvgIpc) is 2.65. The minimum atomic E-state index is -0.310. The summed E-state index contributed by atoms with van der Waals surface area (Å²) in [5.41, 5.74) is 2.26. The highest BCUT2D eigenvalue weighted by Gasteiger charge is 2.17. The number of rotatable bonds is 7. The molecule has 0 aromatic heterocycles. The summed E-state index contributed by atoms with van der Waals surface area (Å²) < 4.78 is 6.12. The monoisotopic (exact) mass is 335 g/mol. The van der Waals surface area contributed by atoms with E-state index in [4.69, 9.17) is 4.74 Å². The second-order valence-corrected chi connectivity index (χ2v) is 6.05. The lowest BCUT2D eigenvalue weighted by molar-refractivity contribution is 0.0996. The van der Waals surface area contributed by atoms with E-state index >= 15 is 0 Å². The summed E-state index contributed by atoms with van der Waals surface area (Å²) in [6.45, 7) is 8.11. The normalized spacial score (nSPS) is 12.5. The Hall–Kier alpha value is -2.68. The maximum absolute atomic E-state index is 12.5. The Kier molecular flexibility index (Phi) is 7.15. The second-order valence-electron chi connectivity index (χ2n) is 6.05. The van der Waals surface area contributed by atoms with Crippen LogP contribution >= 0.6 is 0 Å². The highest BCUT2D eigenvalue weighted by Crippen LogP contribution is 2.16. The van der Waals surface area contributed by atoms with Crippen LogP contribution in [0.1, 0.15) is 49.0 Å². The van der Waals surface area contributed by atoms with Gasteiger partial charge in [-0.3, -0.25) is 4.79 Å². The van der Waals surface area contributed by atoms with Crippen molar-refractivity contribution < 1.29 is 9.53 Å². The first-order valence-corrected chi connectivity index (χ1v) is 8.67. The predicted octanol–water partition coefficient (Wildman–Crippen LogP) is 5.43. The number of hydrogen-bond donors (Lipinski definition) is 0. The van der Waals surface area contributed by atoms with Crippen LogP contribution in [0.4, 0.5) is 0 Å². The summed E-state index contributed by atoms with van der Waals surface area (Å²) in [5.74, 6) is 0.0361. The molecule has 3 nitrogen and oxygen atoms in total. The van der Waals surface area contributed by atoms with Crippen LogP contribution in [0, 0.1) is 0 Å². The molecule has 0 spiro atoms. The van der Waals surface area contributed by atoms with Gasteiger partial charge in [0.2, 0.25) is 5.90 Å². The minimum Gasteiger partial charge on any atom is -0.469 e. The molecule has 25 heavy (non-hydrogen) atoms. The summed E-state index contributed by atoms with van der Waals surface area (Å²) in [4.78, 5) is 16.8. The molecule has 3 heteroatoms. The van der Waals surface area contributed by atoms with Gasteiger partial charge in [-0.2, -0.15) is 4.99 Å². The molecular weight excluding hydrogens is 310 g/mol.